The van der Waals surface area contributed by atoms with Gasteiger partial charge in [-0.3, -0.25) is 4.55 Å². The van der Waals surface area contributed by atoms with Crippen molar-refractivity contribution in [3.63, 3.8) is 0 Å². The molecule has 0 aliphatic heterocycles. The fourth-order valence-corrected chi connectivity index (χ4v) is 3.83. The predicted octanol–water partition coefficient (Wildman–Crippen LogP) is 0.414. The van der Waals surface area contributed by atoms with Gasteiger partial charge in [0.1, 0.15) is 0 Å². The smallest absolute Gasteiger partial charge is 0.265 e. The van der Waals surface area contributed by atoms with Crippen LogP contribution in [0, 0.1) is 0 Å². The van der Waals surface area contributed by atoms with Gasteiger partial charge in [0.15, 0.2) is 9.84 Å². The topological polar surface area (TPSA) is 91.8 Å². The molecule has 1 N–H and O–H groups in total. The summed E-state index contributed by atoms with van der Waals surface area (Å²) in [4.78, 5) is 1.78. The van der Waals surface area contributed by atoms with Gasteiger partial charge < -0.3 is 4.90 Å². The van der Waals surface area contributed by atoms with E-state index in [1.807, 2.05) is 0 Å². The van der Waals surface area contributed by atoms with Gasteiger partial charge >= 0.3 is 0 Å². The van der Waals surface area contributed by atoms with E-state index in [0.29, 0.717) is 5.69 Å². The average Bonchev–Trinajstić information content (AvgIpc) is 2.26. The first-order valence-corrected chi connectivity index (χ1v) is 8.33. The Labute approximate surface area is 107 Å². The molecule has 0 unspecified atom stereocenters. The SMILES string of the molecule is CN(C)c1cccc(S(=O)(=O)CCS(=O)(=O)O)c1. The summed E-state index contributed by atoms with van der Waals surface area (Å²) in [6.45, 7) is 0. The van der Waals surface area contributed by atoms with Crippen LogP contribution in [0.3, 0.4) is 0 Å². The van der Waals surface area contributed by atoms with Gasteiger partial charge in [-0.2, -0.15) is 8.42 Å². The van der Waals surface area contributed by atoms with Crippen LogP contribution in [0.5, 0.6) is 0 Å². The van der Waals surface area contributed by atoms with Crippen LogP contribution in [-0.2, 0) is 20.0 Å². The first-order chi connectivity index (χ1) is 8.12. The highest BCUT2D eigenvalue weighted by Crippen LogP contribution is 2.18. The van der Waals surface area contributed by atoms with E-state index in [0.717, 1.165) is 0 Å². The maximum atomic E-state index is 11.9. The highest BCUT2D eigenvalue weighted by molar-refractivity contribution is 7.93. The van der Waals surface area contributed by atoms with E-state index in [9.17, 15) is 16.8 Å². The van der Waals surface area contributed by atoms with Gasteiger partial charge in [-0.15, -0.1) is 0 Å². The molecule has 0 spiro atoms. The Morgan fingerprint density at radius 3 is 2.22 bits per heavy atom. The zero-order chi connectivity index (χ0) is 14.0. The fourth-order valence-electron chi connectivity index (χ4n) is 1.29. The Morgan fingerprint density at radius 1 is 1.11 bits per heavy atom. The summed E-state index contributed by atoms with van der Waals surface area (Å²) in [7, 11) is -4.46. The monoisotopic (exact) mass is 293 g/mol. The van der Waals surface area contributed by atoms with Gasteiger partial charge in [0.25, 0.3) is 10.1 Å². The molecule has 0 radical (unpaired) electrons. The summed E-state index contributed by atoms with van der Waals surface area (Å²) >= 11 is 0. The standard InChI is InChI=1S/C10H15NO5S2/c1-11(2)9-4-3-5-10(8-9)17(12,13)6-7-18(14,15)16/h3-5,8H,6-7H2,1-2H3,(H,14,15,16). The highest BCUT2D eigenvalue weighted by atomic mass is 32.2. The minimum absolute atomic E-state index is 0.0392. The summed E-state index contributed by atoms with van der Waals surface area (Å²) in [6, 6.07) is 6.17. The van der Waals surface area contributed by atoms with E-state index in [4.69, 9.17) is 4.55 Å². The maximum absolute atomic E-state index is 11.9. The lowest BCUT2D eigenvalue weighted by Gasteiger charge is -2.13. The molecule has 0 atom stereocenters. The van der Waals surface area contributed by atoms with Crippen molar-refractivity contribution >= 4 is 25.6 Å². The zero-order valence-electron chi connectivity index (χ0n) is 10.1. The van der Waals surface area contributed by atoms with Crippen molar-refractivity contribution in [2.75, 3.05) is 30.5 Å². The fraction of sp³-hybridized carbons (Fsp3) is 0.400. The van der Waals surface area contributed by atoms with E-state index >= 15 is 0 Å². The van der Waals surface area contributed by atoms with E-state index in [2.05, 4.69) is 0 Å². The quantitative estimate of drug-likeness (QED) is 0.791. The van der Waals surface area contributed by atoms with E-state index in [1.54, 1.807) is 31.1 Å². The summed E-state index contributed by atoms with van der Waals surface area (Å²) in [6.07, 6.45) is 0. The van der Waals surface area contributed by atoms with Crippen LogP contribution in [0.2, 0.25) is 0 Å². The lowest BCUT2D eigenvalue weighted by molar-refractivity contribution is 0.484. The molecule has 1 aromatic rings. The highest BCUT2D eigenvalue weighted by Gasteiger charge is 2.18. The molecule has 0 saturated carbocycles. The second-order valence-electron chi connectivity index (χ2n) is 4.00. The minimum Gasteiger partial charge on any atom is -0.378 e. The molecule has 8 heteroatoms. The number of benzene rings is 1. The van der Waals surface area contributed by atoms with Gasteiger partial charge in [-0.25, -0.2) is 8.42 Å². The second kappa shape index (κ2) is 5.25. The summed E-state index contributed by atoms with van der Waals surface area (Å²) in [5.74, 6) is -1.44. The molecule has 0 aliphatic carbocycles. The van der Waals surface area contributed by atoms with Gasteiger partial charge in [0.2, 0.25) is 0 Å². The zero-order valence-corrected chi connectivity index (χ0v) is 11.7. The molecule has 0 aromatic heterocycles. The molecule has 0 bridgehead atoms. The molecule has 102 valence electrons. The molecule has 1 aromatic carbocycles. The third-order valence-electron chi connectivity index (χ3n) is 2.30. The summed E-state index contributed by atoms with van der Waals surface area (Å²) < 4.78 is 53.4. The van der Waals surface area contributed by atoms with Crippen LogP contribution in [0.1, 0.15) is 0 Å². The minimum atomic E-state index is -4.28. The lowest BCUT2D eigenvalue weighted by Crippen LogP contribution is -2.17. The van der Waals surface area contributed by atoms with Crippen LogP contribution >= 0.6 is 0 Å². The van der Waals surface area contributed by atoms with Gasteiger partial charge in [0, 0.05) is 19.8 Å². The van der Waals surface area contributed by atoms with Crippen LogP contribution in [0.4, 0.5) is 5.69 Å². The molecular weight excluding hydrogens is 278 g/mol. The van der Waals surface area contributed by atoms with Crippen molar-refractivity contribution in [1.29, 1.82) is 0 Å². The van der Waals surface area contributed by atoms with Crippen molar-refractivity contribution < 1.29 is 21.4 Å². The lowest BCUT2D eigenvalue weighted by atomic mass is 10.3. The van der Waals surface area contributed by atoms with Crippen LogP contribution in [0.25, 0.3) is 0 Å². The largest absolute Gasteiger partial charge is 0.378 e. The van der Waals surface area contributed by atoms with Gasteiger partial charge in [0.05, 0.1) is 16.4 Å². The van der Waals surface area contributed by atoms with Crippen molar-refractivity contribution in [3.8, 4) is 0 Å². The van der Waals surface area contributed by atoms with Crippen LogP contribution in [-0.4, -0.2) is 47.0 Å². The van der Waals surface area contributed by atoms with Crippen LogP contribution in [0.15, 0.2) is 29.2 Å². The first-order valence-electron chi connectivity index (χ1n) is 5.07. The number of rotatable bonds is 5. The molecule has 6 nitrogen and oxygen atoms in total. The van der Waals surface area contributed by atoms with Crippen LogP contribution < -0.4 is 4.90 Å². The molecule has 18 heavy (non-hydrogen) atoms. The van der Waals surface area contributed by atoms with Crippen molar-refractivity contribution in [2.45, 2.75) is 4.90 Å². The number of hydrogen-bond donors (Lipinski definition) is 1. The molecule has 1 rings (SSSR count). The molecule has 0 heterocycles. The molecule has 0 saturated heterocycles. The predicted molar refractivity (Wildman–Crippen MR) is 69.2 cm³/mol. The Kier molecular flexibility index (Phi) is 4.36. The van der Waals surface area contributed by atoms with E-state index in [-0.39, 0.29) is 4.90 Å². The molecule has 0 fully saturated rings. The first kappa shape index (κ1) is 14.9. The Morgan fingerprint density at radius 2 is 1.72 bits per heavy atom. The Bertz CT molecular complexity index is 619. The van der Waals surface area contributed by atoms with Crippen molar-refractivity contribution in [2.24, 2.45) is 0 Å². The summed E-state index contributed by atoms with van der Waals surface area (Å²) in [5.41, 5.74) is 0.697. The number of sulfone groups is 1. The molecular formula is C10H15NO5S2. The van der Waals surface area contributed by atoms with Crippen molar-refractivity contribution in [1.82, 2.24) is 0 Å². The van der Waals surface area contributed by atoms with Gasteiger partial charge in [-0.05, 0) is 18.2 Å². The molecule has 0 amide bonds. The second-order valence-corrected chi connectivity index (χ2v) is 7.68. The number of anilines is 1. The third-order valence-corrected chi connectivity index (χ3v) is 5.00. The third kappa shape index (κ3) is 4.28. The van der Waals surface area contributed by atoms with E-state index in [1.165, 1.54) is 12.1 Å². The van der Waals surface area contributed by atoms with Crippen molar-refractivity contribution in [3.05, 3.63) is 24.3 Å². The molecule has 0 aliphatic rings. The van der Waals surface area contributed by atoms with E-state index < -0.39 is 31.5 Å². The number of hydrogen-bond acceptors (Lipinski definition) is 5. The maximum Gasteiger partial charge on any atom is 0.265 e. The average molecular weight is 293 g/mol. The van der Waals surface area contributed by atoms with Gasteiger partial charge in [-0.1, -0.05) is 6.07 Å². The normalized spacial score (nSPS) is 12.4. The Hall–Kier alpha value is -1.12. The number of nitrogens with zero attached hydrogens (tertiary/aromatic N) is 1. The summed E-state index contributed by atoms with van der Waals surface area (Å²) in [5, 5.41) is 0. The Balaban J connectivity index is 3.02.